The summed E-state index contributed by atoms with van der Waals surface area (Å²) >= 11 is 4.97. The van der Waals surface area contributed by atoms with Gasteiger partial charge in [0.15, 0.2) is 0 Å². The molecule has 4 amide bonds. The molecule has 0 bridgehead atoms. The molecule has 10 nitrogen and oxygen atoms in total. The number of nitriles is 2. The van der Waals surface area contributed by atoms with Crippen molar-refractivity contribution in [3.8, 4) is 23.6 Å². The molecule has 0 fully saturated rings. The van der Waals surface area contributed by atoms with E-state index in [-0.39, 0.29) is 22.3 Å². The molecule has 0 spiro atoms. The number of fused-ring (bicyclic) bond motifs is 2. The highest BCUT2D eigenvalue weighted by Gasteiger charge is 2.40. The largest absolute Gasteiger partial charge is 0.494 e. The fourth-order valence-corrected chi connectivity index (χ4v) is 9.09. The number of nitrogens with zero attached hydrogens (tertiary/aromatic N) is 2. The summed E-state index contributed by atoms with van der Waals surface area (Å²) in [6.07, 6.45) is 2.53. The number of imide groups is 2. The molecule has 1 aromatic rings. The van der Waals surface area contributed by atoms with Gasteiger partial charge in [-0.3, -0.25) is 29.8 Å². The first-order valence-corrected chi connectivity index (χ1v) is 13.0. The molecule has 2 N–H and O–H groups in total. The normalized spacial score (nSPS) is 18.6. The smallest absolute Gasteiger partial charge is 0.268 e. The van der Waals surface area contributed by atoms with E-state index in [1.807, 2.05) is 0 Å². The zero-order chi connectivity index (χ0) is 25.7. The SMILES string of the molecule is COc1c2c(c(OC)c3c1SC(=C1C=C(C#N)C(=O)NC1=O)S3)SC(=C1C=C(C#N)C(=O)NC1=O)S2. The molecule has 0 aliphatic carbocycles. The van der Waals surface area contributed by atoms with Crippen molar-refractivity contribution in [2.45, 2.75) is 19.6 Å². The summed E-state index contributed by atoms with van der Waals surface area (Å²) < 4.78 is 12.5. The van der Waals surface area contributed by atoms with Gasteiger partial charge in [0.2, 0.25) is 0 Å². The summed E-state index contributed by atoms with van der Waals surface area (Å²) in [5, 5.41) is 22.8. The summed E-state index contributed by atoms with van der Waals surface area (Å²) in [6.45, 7) is 0. The van der Waals surface area contributed by atoms with E-state index >= 15 is 0 Å². The van der Waals surface area contributed by atoms with Crippen molar-refractivity contribution in [1.82, 2.24) is 10.6 Å². The van der Waals surface area contributed by atoms with Gasteiger partial charge < -0.3 is 9.47 Å². The van der Waals surface area contributed by atoms with E-state index in [4.69, 9.17) is 9.47 Å². The van der Waals surface area contributed by atoms with E-state index < -0.39 is 23.6 Å². The highest BCUT2D eigenvalue weighted by molar-refractivity contribution is 8.26. The van der Waals surface area contributed by atoms with Crippen molar-refractivity contribution in [1.29, 1.82) is 10.5 Å². The summed E-state index contributed by atoms with van der Waals surface area (Å²) in [6, 6.07) is 3.57. The number of benzene rings is 1. The van der Waals surface area contributed by atoms with Crippen LogP contribution in [0.1, 0.15) is 0 Å². The molecule has 14 heteroatoms. The van der Waals surface area contributed by atoms with Gasteiger partial charge in [-0.05, 0) is 12.2 Å². The van der Waals surface area contributed by atoms with Gasteiger partial charge in [0.25, 0.3) is 23.6 Å². The Morgan fingerprint density at radius 1 is 0.639 bits per heavy atom. The molecule has 36 heavy (non-hydrogen) atoms. The van der Waals surface area contributed by atoms with Crippen LogP contribution in [0.3, 0.4) is 0 Å². The maximum Gasteiger partial charge on any atom is 0.268 e. The monoisotopic (exact) mass is 554 g/mol. The number of rotatable bonds is 2. The second kappa shape index (κ2) is 9.15. The van der Waals surface area contributed by atoms with Crippen LogP contribution < -0.4 is 20.1 Å². The summed E-state index contributed by atoms with van der Waals surface area (Å²) in [5.74, 6) is -1.73. The van der Waals surface area contributed by atoms with Gasteiger partial charge in [0, 0.05) is 0 Å². The van der Waals surface area contributed by atoms with Crippen molar-refractivity contribution < 1.29 is 28.7 Å². The van der Waals surface area contributed by atoms with Gasteiger partial charge in [0.05, 0.1) is 53.4 Å². The van der Waals surface area contributed by atoms with Crippen LogP contribution in [0.15, 0.2) is 62.5 Å². The van der Waals surface area contributed by atoms with E-state index in [0.29, 0.717) is 39.6 Å². The van der Waals surface area contributed by atoms with Gasteiger partial charge in [-0.2, -0.15) is 10.5 Å². The van der Waals surface area contributed by atoms with Crippen LogP contribution in [0.4, 0.5) is 0 Å². The van der Waals surface area contributed by atoms with Gasteiger partial charge in [0.1, 0.15) is 34.8 Å². The molecule has 0 aromatic heterocycles. The maximum absolute atomic E-state index is 12.5. The molecule has 4 aliphatic rings. The third-order valence-electron chi connectivity index (χ3n) is 5.12. The van der Waals surface area contributed by atoms with Crippen LogP contribution >= 0.6 is 47.0 Å². The molecule has 0 unspecified atom stereocenters. The molecular formula is C22H10N4O6S4. The molecule has 0 saturated heterocycles. The topological polar surface area (TPSA) is 158 Å². The molecular weight excluding hydrogens is 545 g/mol. The Kier molecular flexibility index (Phi) is 6.13. The molecule has 4 aliphatic heterocycles. The van der Waals surface area contributed by atoms with E-state index in [0.717, 1.165) is 0 Å². The number of carbonyl (C=O) groups excluding carboxylic acids is 4. The summed E-state index contributed by atoms with van der Waals surface area (Å²) in [4.78, 5) is 51.3. The van der Waals surface area contributed by atoms with Crippen LogP contribution in [-0.2, 0) is 19.2 Å². The number of hydrogen-bond acceptors (Lipinski definition) is 12. The highest BCUT2D eigenvalue weighted by Crippen LogP contribution is 2.68. The minimum atomic E-state index is -0.748. The predicted molar refractivity (Wildman–Crippen MR) is 131 cm³/mol. The lowest BCUT2D eigenvalue weighted by molar-refractivity contribution is -0.128. The van der Waals surface area contributed by atoms with Crippen molar-refractivity contribution >= 4 is 70.7 Å². The number of carbonyl (C=O) groups is 4. The zero-order valence-electron chi connectivity index (χ0n) is 18.1. The van der Waals surface area contributed by atoms with E-state index in [1.165, 1.54) is 73.4 Å². The van der Waals surface area contributed by atoms with Crippen molar-refractivity contribution in [3.63, 3.8) is 0 Å². The first-order chi connectivity index (χ1) is 17.3. The molecule has 178 valence electrons. The van der Waals surface area contributed by atoms with Crippen LogP contribution in [0, 0.1) is 22.7 Å². The third kappa shape index (κ3) is 3.70. The number of ether oxygens (including phenoxy) is 2. The number of nitrogens with one attached hydrogen (secondary N) is 2. The Hall–Kier alpha value is -3.56. The zero-order valence-corrected chi connectivity index (χ0v) is 21.4. The fourth-order valence-electron chi connectivity index (χ4n) is 3.49. The Balaban J connectivity index is 1.63. The lowest BCUT2D eigenvalue weighted by Crippen LogP contribution is -2.36. The lowest BCUT2D eigenvalue weighted by Gasteiger charge is -2.14. The Morgan fingerprint density at radius 3 is 1.25 bits per heavy atom. The fraction of sp³-hybridized carbons (Fsp3) is 0.0909. The van der Waals surface area contributed by atoms with E-state index in [1.54, 1.807) is 12.1 Å². The van der Waals surface area contributed by atoms with Crippen LogP contribution in [0.5, 0.6) is 11.5 Å². The average molecular weight is 555 g/mol. The Labute approximate surface area is 220 Å². The van der Waals surface area contributed by atoms with Crippen LogP contribution in [0.25, 0.3) is 0 Å². The van der Waals surface area contributed by atoms with E-state index in [9.17, 15) is 29.7 Å². The highest BCUT2D eigenvalue weighted by atomic mass is 32.2. The Bertz CT molecular complexity index is 1400. The van der Waals surface area contributed by atoms with Gasteiger partial charge in [-0.25, -0.2) is 0 Å². The third-order valence-corrected chi connectivity index (χ3v) is 10.4. The second-order valence-electron chi connectivity index (χ2n) is 7.10. The molecule has 5 rings (SSSR count). The van der Waals surface area contributed by atoms with Crippen LogP contribution in [-0.4, -0.2) is 37.8 Å². The summed E-state index contributed by atoms with van der Waals surface area (Å²) in [5.41, 5.74) is 0.0177. The minimum absolute atomic E-state index is 0.174. The number of hydrogen-bond donors (Lipinski definition) is 2. The van der Waals surface area contributed by atoms with Gasteiger partial charge >= 0.3 is 0 Å². The number of amides is 4. The average Bonchev–Trinajstić information content (AvgIpc) is 3.47. The number of methoxy groups -OCH3 is 2. The molecule has 4 heterocycles. The summed E-state index contributed by atoms with van der Waals surface area (Å²) in [7, 11) is 2.99. The van der Waals surface area contributed by atoms with Gasteiger partial charge in [-0.15, -0.1) is 0 Å². The van der Waals surface area contributed by atoms with Crippen molar-refractivity contribution in [3.05, 3.63) is 42.9 Å². The Morgan fingerprint density at radius 2 is 0.972 bits per heavy atom. The van der Waals surface area contributed by atoms with E-state index in [2.05, 4.69) is 10.6 Å². The van der Waals surface area contributed by atoms with Crippen molar-refractivity contribution in [2.24, 2.45) is 0 Å². The molecule has 0 radical (unpaired) electrons. The molecule has 1 aromatic carbocycles. The first-order valence-electron chi connectivity index (χ1n) is 9.78. The lowest BCUT2D eigenvalue weighted by atomic mass is 10.1. The second-order valence-corrected chi connectivity index (χ2v) is 11.7. The quantitative estimate of drug-likeness (QED) is 0.407. The molecule has 0 saturated carbocycles. The standard InChI is InChI=1S/C22H10N4O6S4/c1-31-11-13-15(35-21(33-13)9-3-7(5-23)17(27)25-19(9)29)12(32-2)16-14(11)34-22(36-16)10-4-8(6-24)18(28)26-20(10)30/h3-4H,1-2H3,(H,25,27,29)(H,26,28,30). The first kappa shape index (κ1) is 24.1. The predicted octanol–water partition coefficient (Wildman–Crippen LogP) is 2.74. The van der Waals surface area contributed by atoms with Crippen molar-refractivity contribution in [2.75, 3.05) is 14.2 Å². The number of thioether (sulfide) groups is 4. The van der Waals surface area contributed by atoms with Crippen LogP contribution in [0.2, 0.25) is 0 Å². The maximum atomic E-state index is 12.5. The van der Waals surface area contributed by atoms with Gasteiger partial charge in [-0.1, -0.05) is 47.0 Å². The minimum Gasteiger partial charge on any atom is -0.494 e. The molecule has 0 atom stereocenters.